The number of ether oxygens (including phenoxy) is 1. The lowest BCUT2D eigenvalue weighted by Crippen LogP contribution is -1.98. The molecule has 0 spiro atoms. The number of carboxylic acid groups (broad SMARTS) is 1. The van der Waals surface area contributed by atoms with Gasteiger partial charge in [0.1, 0.15) is 12.4 Å². The molecular formula is C10H10N2O5. The number of aromatic nitrogens is 2. The lowest BCUT2D eigenvalue weighted by molar-refractivity contribution is 0.0689. The zero-order valence-electron chi connectivity index (χ0n) is 9.26. The van der Waals surface area contributed by atoms with E-state index in [2.05, 4.69) is 10.1 Å². The van der Waals surface area contributed by atoms with Crippen molar-refractivity contribution >= 4 is 5.97 Å². The number of oxazole rings is 1. The van der Waals surface area contributed by atoms with Crippen molar-refractivity contribution in [3.05, 3.63) is 23.3 Å². The molecule has 0 fully saturated rings. The molecule has 2 heterocycles. The number of aryl methyl sites for hydroxylation is 1. The van der Waals surface area contributed by atoms with Crippen LogP contribution in [0.5, 0.6) is 0 Å². The Morgan fingerprint density at radius 1 is 1.59 bits per heavy atom. The van der Waals surface area contributed by atoms with Gasteiger partial charge < -0.3 is 18.8 Å². The first kappa shape index (κ1) is 11.3. The molecule has 0 saturated carbocycles. The van der Waals surface area contributed by atoms with E-state index in [0.717, 1.165) is 0 Å². The van der Waals surface area contributed by atoms with Crippen LogP contribution in [0.15, 0.2) is 15.0 Å². The van der Waals surface area contributed by atoms with Gasteiger partial charge in [-0.05, 0) is 6.92 Å². The third-order valence-electron chi connectivity index (χ3n) is 2.06. The summed E-state index contributed by atoms with van der Waals surface area (Å²) >= 11 is 0. The van der Waals surface area contributed by atoms with Crippen LogP contribution in [-0.2, 0) is 11.3 Å². The van der Waals surface area contributed by atoms with Gasteiger partial charge in [0, 0.05) is 13.2 Å². The summed E-state index contributed by atoms with van der Waals surface area (Å²) in [5.74, 6) is -0.289. The number of aromatic carboxylic acids is 1. The van der Waals surface area contributed by atoms with E-state index in [0.29, 0.717) is 11.5 Å². The Labute approximate surface area is 96.0 Å². The Morgan fingerprint density at radius 3 is 2.94 bits per heavy atom. The van der Waals surface area contributed by atoms with Gasteiger partial charge in [0.2, 0.25) is 5.89 Å². The summed E-state index contributed by atoms with van der Waals surface area (Å²) in [7, 11) is 1.53. The van der Waals surface area contributed by atoms with Gasteiger partial charge in [-0.3, -0.25) is 0 Å². The molecule has 7 nitrogen and oxygen atoms in total. The summed E-state index contributed by atoms with van der Waals surface area (Å²) < 4.78 is 15.0. The van der Waals surface area contributed by atoms with Crippen LogP contribution in [0, 0.1) is 6.92 Å². The number of nitrogens with zero attached hydrogens (tertiary/aromatic N) is 2. The lowest BCUT2D eigenvalue weighted by atomic mass is 10.3. The molecule has 2 rings (SSSR count). The standard InChI is InChI=1S/C10H10N2O5/c1-5-8(10(13)14)11-9(16-5)7-3-6(4-15-2)17-12-7/h3H,4H2,1-2H3,(H,13,14). The predicted octanol–water partition coefficient (Wildman–Crippen LogP) is 1.48. The molecule has 0 aliphatic rings. The highest BCUT2D eigenvalue weighted by Crippen LogP contribution is 2.21. The van der Waals surface area contributed by atoms with Crippen LogP contribution in [-0.4, -0.2) is 28.3 Å². The molecule has 0 amide bonds. The smallest absolute Gasteiger partial charge is 0.358 e. The Morgan fingerprint density at radius 2 is 2.35 bits per heavy atom. The van der Waals surface area contributed by atoms with Crippen molar-refractivity contribution in [3.8, 4) is 11.6 Å². The van der Waals surface area contributed by atoms with Crippen molar-refractivity contribution in [1.29, 1.82) is 0 Å². The molecule has 2 aromatic rings. The van der Waals surface area contributed by atoms with Gasteiger partial charge in [-0.15, -0.1) is 0 Å². The van der Waals surface area contributed by atoms with E-state index in [1.54, 1.807) is 6.07 Å². The molecule has 0 aromatic carbocycles. The minimum atomic E-state index is -1.14. The normalized spacial score (nSPS) is 10.7. The molecule has 90 valence electrons. The van der Waals surface area contributed by atoms with Crippen molar-refractivity contribution in [3.63, 3.8) is 0 Å². The van der Waals surface area contributed by atoms with Crippen molar-refractivity contribution in [2.45, 2.75) is 13.5 Å². The summed E-state index contributed by atoms with van der Waals surface area (Å²) in [6.45, 7) is 1.80. The summed E-state index contributed by atoms with van der Waals surface area (Å²) in [6.07, 6.45) is 0. The molecule has 2 aromatic heterocycles. The van der Waals surface area contributed by atoms with Crippen LogP contribution in [0.3, 0.4) is 0 Å². The first-order valence-electron chi connectivity index (χ1n) is 4.77. The summed E-state index contributed by atoms with van der Waals surface area (Å²) in [5, 5.41) is 12.5. The Bertz CT molecular complexity index is 543. The quantitative estimate of drug-likeness (QED) is 0.861. The Kier molecular flexibility index (Phi) is 2.92. The van der Waals surface area contributed by atoms with Crippen molar-refractivity contribution in [1.82, 2.24) is 10.1 Å². The number of carboxylic acids is 1. The number of hydrogen-bond donors (Lipinski definition) is 1. The fourth-order valence-electron chi connectivity index (χ4n) is 1.33. The Hall–Kier alpha value is -2.15. The van der Waals surface area contributed by atoms with Crippen LogP contribution in [0.4, 0.5) is 0 Å². The van der Waals surface area contributed by atoms with E-state index in [9.17, 15) is 4.79 Å². The zero-order valence-corrected chi connectivity index (χ0v) is 9.26. The molecule has 0 bridgehead atoms. The first-order valence-corrected chi connectivity index (χ1v) is 4.77. The molecule has 7 heteroatoms. The van der Waals surface area contributed by atoms with E-state index in [1.165, 1.54) is 14.0 Å². The maximum atomic E-state index is 10.8. The minimum absolute atomic E-state index is 0.117. The van der Waals surface area contributed by atoms with Gasteiger partial charge in [-0.1, -0.05) is 5.16 Å². The van der Waals surface area contributed by atoms with Gasteiger partial charge >= 0.3 is 5.97 Å². The lowest BCUT2D eigenvalue weighted by Gasteiger charge is -1.87. The van der Waals surface area contributed by atoms with Gasteiger partial charge in [0.15, 0.2) is 17.1 Å². The first-order chi connectivity index (χ1) is 8.11. The van der Waals surface area contributed by atoms with E-state index in [1.807, 2.05) is 0 Å². The molecule has 17 heavy (non-hydrogen) atoms. The second-order valence-corrected chi connectivity index (χ2v) is 3.34. The fraction of sp³-hybridized carbons (Fsp3) is 0.300. The topological polar surface area (TPSA) is 98.6 Å². The number of rotatable bonds is 4. The third-order valence-corrected chi connectivity index (χ3v) is 2.06. The van der Waals surface area contributed by atoms with Crippen LogP contribution in [0.1, 0.15) is 22.0 Å². The summed E-state index contributed by atoms with van der Waals surface area (Å²) in [5.41, 5.74) is 0.212. The van der Waals surface area contributed by atoms with E-state index < -0.39 is 5.97 Å². The maximum absolute atomic E-state index is 10.8. The van der Waals surface area contributed by atoms with Crippen molar-refractivity contribution in [2.75, 3.05) is 7.11 Å². The maximum Gasteiger partial charge on any atom is 0.358 e. The monoisotopic (exact) mass is 238 g/mol. The van der Waals surface area contributed by atoms with Crippen LogP contribution in [0.25, 0.3) is 11.6 Å². The molecule has 0 atom stereocenters. The minimum Gasteiger partial charge on any atom is -0.476 e. The number of hydrogen-bond acceptors (Lipinski definition) is 6. The van der Waals surface area contributed by atoms with Crippen LogP contribution < -0.4 is 0 Å². The van der Waals surface area contributed by atoms with Crippen LogP contribution in [0.2, 0.25) is 0 Å². The van der Waals surface area contributed by atoms with Gasteiger partial charge in [-0.2, -0.15) is 0 Å². The number of methoxy groups -OCH3 is 1. The fourth-order valence-corrected chi connectivity index (χ4v) is 1.33. The molecule has 0 radical (unpaired) electrons. The molecule has 0 saturated heterocycles. The Balaban J connectivity index is 2.32. The highest BCUT2D eigenvalue weighted by molar-refractivity contribution is 5.86. The van der Waals surface area contributed by atoms with Crippen molar-refractivity contribution < 1.29 is 23.6 Å². The van der Waals surface area contributed by atoms with Crippen molar-refractivity contribution in [2.24, 2.45) is 0 Å². The summed E-state index contributed by atoms with van der Waals surface area (Å²) in [6, 6.07) is 1.58. The summed E-state index contributed by atoms with van der Waals surface area (Å²) in [4.78, 5) is 14.6. The second-order valence-electron chi connectivity index (χ2n) is 3.34. The predicted molar refractivity (Wildman–Crippen MR) is 54.4 cm³/mol. The highest BCUT2D eigenvalue weighted by atomic mass is 16.5. The highest BCUT2D eigenvalue weighted by Gasteiger charge is 2.19. The van der Waals surface area contributed by atoms with E-state index in [-0.39, 0.29) is 24.0 Å². The average Bonchev–Trinajstić information content (AvgIpc) is 2.85. The average molecular weight is 238 g/mol. The zero-order chi connectivity index (χ0) is 12.4. The largest absolute Gasteiger partial charge is 0.476 e. The van der Waals surface area contributed by atoms with E-state index in [4.69, 9.17) is 18.8 Å². The number of carbonyl (C=O) groups is 1. The SMILES string of the molecule is COCc1cc(-c2nc(C(=O)O)c(C)o2)no1. The molecule has 0 unspecified atom stereocenters. The van der Waals surface area contributed by atoms with E-state index >= 15 is 0 Å². The van der Waals surface area contributed by atoms with Gasteiger partial charge in [0.05, 0.1) is 0 Å². The van der Waals surface area contributed by atoms with Crippen LogP contribution >= 0.6 is 0 Å². The molecule has 1 N–H and O–H groups in total. The molecular weight excluding hydrogens is 228 g/mol. The molecule has 0 aliphatic carbocycles. The third kappa shape index (κ3) is 2.18. The van der Waals surface area contributed by atoms with Gasteiger partial charge in [0.25, 0.3) is 0 Å². The second kappa shape index (κ2) is 4.38. The van der Waals surface area contributed by atoms with Gasteiger partial charge in [-0.25, -0.2) is 9.78 Å². The molecule has 0 aliphatic heterocycles.